The van der Waals surface area contributed by atoms with Crippen LogP contribution in [0.15, 0.2) is 35.2 Å². The Labute approximate surface area is 155 Å². The third-order valence-corrected chi connectivity index (χ3v) is 5.56. The van der Waals surface area contributed by atoms with Gasteiger partial charge in [-0.2, -0.15) is 5.26 Å². The van der Waals surface area contributed by atoms with Gasteiger partial charge in [0.15, 0.2) is 5.79 Å². The maximum Gasteiger partial charge on any atom is 0.238 e. The van der Waals surface area contributed by atoms with Crippen LogP contribution in [0.5, 0.6) is 11.5 Å². The first-order valence-electron chi connectivity index (χ1n) is 8.18. The standard InChI is InChI=1S/C18H15FN2O5S/c19-12-7-11(10-20)8-13(9-12)26-15-1-2-16(27(21,22)23)17-14(15)3-4-18(17)24-5-6-25-18/h1-2,7-9H,3-6H2,(H2,21,22,23). The number of rotatable bonds is 3. The molecule has 0 unspecified atom stereocenters. The second kappa shape index (κ2) is 6.28. The number of ether oxygens (including phenoxy) is 3. The van der Waals surface area contributed by atoms with Crippen molar-refractivity contribution in [3.05, 3.63) is 52.8 Å². The summed E-state index contributed by atoms with van der Waals surface area (Å²) in [7, 11) is -4.02. The van der Waals surface area contributed by atoms with Gasteiger partial charge in [-0.1, -0.05) is 0 Å². The van der Waals surface area contributed by atoms with Crippen LogP contribution in [0.4, 0.5) is 4.39 Å². The van der Waals surface area contributed by atoms with Crippen LogP contribution < -0.4 is 9.88 Å². The molecule has 2 aliphatic rings. The van der Waals surface area contributed by atoms with Gasteiger partial charge in [-0.3, -0.25) is 0 Å². The summed E-state index contributed by atoms with van der Waals surface area (Å²) in [4.78, 5) is -0.0822. The number of hydrogen-bond acceptors (Lipinski definition) is 6. The van der Waals surface area contributed by atoms with Crippen LogP contribution in [0.25, 0.3) is 0 Å². The molecule has 27 heavy (non-hydrogen) atoms. The van der Waals surface area contributed by atoms with Gasteiger partial charge in [0.25, 0.3) is 0 Å². The summed E-state index contributed by atoms with van der Waals surface area (Å²) in [5.74, 6) is -1.31. The molecule has 140 valence electrons. The Morgan fingerprint density at radius 1 is 1.22 bits per heavy atom. The van der Waals surface area contributed by atoms with Crippen molar-refractivity contribution in [3.8, 4) is 17.6 Å². The fourth-order valence-electron chi connectivity index (χ4n) is 3.58. The average Bonchev–Trinajstić information content (AvgIpc) is 3.23. The largest absolute Gasteiger partial charge is 0.457 e. The Morgan fingerprint density at radius 2 is 1.96 bits per heavy atom. The van der Waals surface area contributed by atoms with Crippen molar-refractivity contribution in [1.82, 2.24) is 0 Å². The summed E-state index contributed by atoms with van der Waals surface area (Å²) in [5, 5.41) is 14.4. The molecule has 0 bridgehead atoms. The molecule has 1 fully saturated rings. The molecule has 2 aromatic rings. The number of benzene rings is 2. The zero-order valence-corrected chi connectivity index (χ0v) is 14.9. The van der Waals surface area contributed by atoms with Crippen LogP contribution in [0.1, 0.15) is 23.1 Å². The maximum atomic E-state index is 13.7. The molecule has 9 heteroatoms. The van der Waals surface area contributed by atoms with Gasteiger partial charge in [-0.15, -0.1) is 0 Å². The van der Waals surface area contributed by atoms with Crippen LogP contribution in [0.3, 0.4) is 0 Å². The quantitative estimate of drug-likeness (QED) is 0.861. The van der Waals surface area contributed by atoms with Crippen LogP contribution >= 0.6 is 0 Å². The van der Waals surface area contributed by atoms with E-state index in [-0.39, 0.29) is 16.2 Å². The molecule has 1 saturated heterocycles. The van der Waals surface area contributed by atoms with E-state index >= 15 is 0 Å². The molecule has 7 nitrogen and oxygen atoms in total. The Kier molecular flexibility index (Phi) is 4.16. The van der Waals surface area contributed by atoms with Gasteiger partial charge in [-0.05, 0) is 30.7 Å². The van der Waals surface area contributed by atoms with E-state index in [0.717, 1.165) is 12.1 Å². The summed E-state index contributed by atoms with van der Waals surface area (Å²) >= 11 is 0. The van der Waals surface area contributed by atoms with Crippen molar-refractivity contribution in [1.29, 1.82) is 5.26 Å². The number of halogens is 1. The first kappa shape index (κ1) is 17.9. The van der Waals surface area contributed by atoms with Gasteiger partial charge < -0.3 is 14.2 Å². The lowest BCUT2D eigenvalue weighted by Gasteiger charge is -2.25. The molecule has 1 heterocycles. The van der Waals surface area contributed by atoms with Gasteiger partial charge in [0.05, 0.1) is 29.7 Å². The molecular formula is C18H15FN2O5S. The third-order valence-electron chi connectivity index (χ3n) is 4.61. The molecule has 1 spiro atoms. The molecule has 1 aliphatic carbocycles. The van der Waals surface area contributed by atoms with Crippen LogP contribution in [0, 0.1) is 17.1 Å². The second-order valence-corrected chi connectivity index (χ2v) is 7.83. The van der Waals surface area contributed by atoms with Crippen molar-refractivity contribution in [2.75, 3.05) is 13.2 Å². The number of hydrogen-bond donors (Lipinski definition) is 1. The molecule has 2 aromatic carbocycles. The SMILES string of the molecule is N#Cc1cc(F)cc(Oc2ccc(S(N)(=O)=O)c3c2CCC32OCCO2)c1. The van der Waals surface area contributed by atoms with Crippen molar-refractivity contribution in [2.45, 2.75) is 23.5 Å². The Bertz CT molecular complexity index is 1070. The lowest BCUT2D eigenvalue weighted by molar-refractivity contribution is -0.164. The minimum absolute atomic E-state index is 0.0822. The van der Waals surface area contributed by atoms with E-state index in [4.69, 9.17) is 24.6 Å². The normalized spacial score (nSPS) is 17.7. The van der Waals surface area contributed by atoms with Gasteiger partial charge in [-0.25, -0.2) is 17.9 Å². The van der Waals surface area contributed by atoms with Crippen LogP contribution in [-0.4, -0.2) is 21.6 Å². The van der Waals surface area contributed by atoms with Crippen molar-refractivity contribution >= 4 is 10.0 Å². The highest BCUT2D eigenvalue weighted by Gasteiger charge is 2.48. The number of nitriles is 1. The topological polar surface area (TPSA) is 112 Å². The fraction of sp³-hybridized carbons (Fsp3) is 0.278. The van der Waals surface area contributed by atoms with Crippen LogP contribution in [-0.2, 0) is 31.7 Å². The molecule has 4 rings (SSSR count). The zero-order valence-electron chi connectivity index (χ0n) is 14.1. The number of sulfonamides is 1. The first-order chi connectivity index (χ1) is 12.8. The fourth-order valence-corrected chi connectivity index (χ4v) is 4.40. The Hall–Kier alpha value is -2.51. The molecule has 0 saturated carbocycles. The summed E-state index contributed by atoms with van der Waals surface area (Å²) in [6.07, 6.45) is 0.853. The number of nitrogens with zero attached hydrogens (tertiary/aromatic N) is 1. The third kappa shape index (κ3) is 3.07. The predicted molar refractivity (Wildman–Crippen MR) is 90.9 cm³/mol. The highest BCUT2D eigenvalue weighted by atomic mass is 32.2. The smallest absolute Gasteiger partial charge is 0.238 e. The maximum absolute atomic E-state index is 13.7. The number of fused-ring (bicyclic) bond motifs is 2. The molecule has 0 amide bonds. The number of primary sulfonamides is 1. The first-order valence-corrected chi connectivity index (χ1v) is 9.73. The molecule has 0 radical (unpaired) electrons. The Balaban J connectivity index is 1.84. The van der Waals surface area contributed by atoms with Crippen molar-refractivity contribution in [2.24, 2.45) is 5.14 Å². The highest BCUT2D eigenvalue weighted by molar-refractivity contribution is 7.89. The summed E-state index contributed by atoms with van der Waals surface area (Å²) < 4.78 is 55.1. The minimum Gasteiger partial charge on any atom is -0.457 e. The van der Waals surface area contributed by atoms with E-state index in [1.165, 1.54) is 18.2 Å². The van der Waals surface area contributed by atoms with Crippen LogP contribution in [0.2, 0.25) is 0 Å². The van der Waals surface area contributed by atoms with E-state index in [9.17, 15) is 12.8 Å². The second-order valence-electron chi connectivity index (χ2n) is 6.30. The molecule has 2 N–H and O–H groups in total. The monoisotopic (exact) mass is 390 g/mol. The van der Waals surface area contributed by atoms with Gasteiger partial charge >= 0.3 is 0 Å². The minimum atomic E-state index is -4.02. The van der Waals surface area contributed by atoms with Gasteiger partial charge in [0.2, 0.25) is 10.0 Å². The molecule has 1 aliphatic heterocycles. The molecular weight excluding hydrogens is 375 g/mol. The van der Waals surface area contributed by atoms with Gasteiger partial charge in [0, 0.05) is 23.6 Å². The van der Waals surface area contributed by atoms with E-state index in [1.807, 2.05) is 6.07 Å². The predicted octanol–water partition coefficient (Wildman–Crippen LogP) is 2.28. The van der Waals surface area contributed by atoms with E-state index < -0.39 is 21.6 Å². The zero-order chi connectivity index (χ0) is 19.2. The molecule has 0 aromatic heterocycles. The Morgan fingerprint density at radius 3 is 2.63 bits per heavy atom. The summed E-state index contributed by atoms with van der Waals surface area (Å²) in [6.45, 7) is 0.675. The molecule has 0 atom stereocenters. The lowest BCUT2D eigenvalue weighted by atomic mass is 10.1. The van der Waals surface area contributed by atoms with Crippen molar-refractivity contribution < 1.29 is 27.0 Å². The highest BCUT2D eigenvalue weighted by Crippen LogP contribution is 2.49. The average molecular weight is 390 g/mol. The van der Waals surface area contributed by atoms with Gasteiger partial charge in [0.1, 0.15) is 17.3 Å². The lowest BCUT2D eigenvalue weighted by Crippen LogP contribution is -2.27. The number of nitrogens with two attached hydrogens (primary N) is 1. The van der Waals surface area contributed by atoms with E-state index in [2.05, 4.69) is 0 Å². The van der Waals surface area contributed by atoms with Crippen molar-refractivity contribution in [3.63, 3.8) is 0 Å². The van der Waals surface area contributed by atoms with E-state index in [1.54, 1.807) is 0 Å². The summed E-state index contributed by atoms with van der Waals surface area (Å²) in [6, 6.07) is 8.29. The summed E-state index contributed by atoms with van der Waals surface area (Å²) in [5.41, 5.74) is 1.02. The van der Waals surface area contributed by atoms with E-state index in [0.29, 0.717) is 42.9 Å².